The normalized spacial score (nSPS) is 11.4. The van der Waals surface area contributed by atoms with E-state index in [1.54, 1.807) is 0 Å². The van der Waals surface area contributed by atoms with Crippen LogP contribution in [-0.2, 0) is 6.54 Å². The fourth-order valence-electron chi connectivity index (χ4n) is 2.45. The lowest BCUT2D eigenvalue weighted by atomic mass is 10.1. The molecule has 108 valence electrons. The molecule has 2 aromatic heterocycles. The molecule has 3 rings (SSSR count). The lowest BCUT2D eigenvalue weighted by Gasteiger charge is -2.11. The molecule has 0 amide bonds. The van der Waals surface area contributed by atoms with E-state index in [0.717, 1.165) is 34.8 Å². The van der Waals surface area contributed by atoms with Crippen LogP contribution in [0.3, 0.4) is 0 Å². The van der Waals surface area contributed by atoms with Gasteiger partial charge < -0.3 is 15.0 Å². The van der Waals surface area contributed by atoms with Crippen molar-refractivity contribution in [2.45, 2.75) is 6.54 Å². The minimum absolute atomic E-state index is 0.646. The summed E-state index contributed by atoms with van der Waals surface area (Å²) in [5, 5.41) is 0.646. The molecule has 0 aliphatic carbocycles. The number of hydrogen-bond donors (Lipinski definition) is 1. The molecular weight excluding hydrogens is 284 g/mol. The Morgan fingerprint density at radius 2 is 2.05 bits per heavy atom. The van der Waals surface area contributed by atoms with Gasteiger partial charge in [-0.05, 0) is 38.4 Å². The number of hydrogen-bond acceptors (Lipinski definition) is 3. The van der Waals surface area contributed by atoms with Gasteiger partial charge in [0.05, 0.1) is 16.4 Å². The van der Waals surface area contributed by atoms with E-state index < -0.39 is 0 Å². The molecule has 2 N–H and O–H groups in total. The summed E-state index contributed by atoms with van der Waals surface area (Å²) in [4.78, 5) is 6.84. The van der Waals surface area contributed by atoms with Crippen LogP contribution in [0.2, 0.25) is 5.02 Å². The van der Waals surface area contributed by atoms with Gasteiger partial charge >= 0.3 is 0 Å². The maximum absolute atomic E-state index is 6.28. The number of halogens is 1. The Balaban J connectivity index is 2.28. The maximum atomic E-state index is 6.28. The van der Waals surface area contributed by atoms with Gasteiger partial charge in [-0.15, -0.1) is 0 Å². The second kappa shape index (κ2) is 5.39. The van der Waals surface area contributed by atoms with Gasteiger partial charge in [-0.1, -0.05) is 23.7 Å². The fraction of sp³-hybridized carbons (Fsp3) is 0.188. The second-order valence-corrected chi connectivity index (χ2v) is 5.73. The van der Waals surface area contributed by atoms with E-state index in [1.165, 1.54) is 0 Å². The van der Waals surface area contributed by atoms with Crippen LogP contribution in [0.15, 0.2) is 42.6 Å². The van der Waals surface area contributed by atoms with E-state index >= 15 is 0 Å². The van der Waals surface area contributed by atoms with Gasteiger partial charge in [-0.2, -0.15) is 0 Å². The average Bonchev–Trinajstić information content (AvgIpc) is 2.79. The minimum atomic E-state index is 0.646. The number of nitrogens with two attached hydrogens (primary N) is 1. The zero-order chi connectivity index (χ0) is 15.0. The quantitative estimate of drug-likeness (QED) is 0.755. The number of aromatic nitrogens is 2. The van der Waals surface area contributed by atoms with Crippen molar-refractivity contribution in [2.24, 2.45) is 0 Å². The fourth-order valence-corrected chi connectivity index (χ4v) is 2.66. The van der Waals surface area contributed by atoms with Crippen LogP contribution in [-0.4, -0.2) is 28.4 Å². The SMILES string of the molecule is CN(C)Cc1c(-c2cccc(N)c2)nc2c(Cl)cccn12. The van der Waals surface area contributed by atoms with E-state index in [4.69, 9.17) is 22.3 Å². The first-order valence-electron chi connectivity index (χ1n) is 6.72. The Labute approximate surface area is 128 Å². The molecule has 0 aliphatic heterocycles. The third-order valence-electron chi connectivity index (χ3n) is 3.33. The molecule has 0 bridgehead atoms. The molecule has 0 radical (unpaired) electrons. The predicted octanol–water partition coefficient (Wildman–Crippen LogP) is 3.30. The van der Waals surface area contributed by atoms with Crippen molar-refractivity contribution in [1.82, 2.24) is 14.3 Å². The number of nitrogens with zero attached hydrogens (tertiary/aromatic N) is 3. The van der Waals surface area contributed by atoms with E-state index in [-0.39, 0.29) is 0 Å². The molecule has 4 nitrogen and oxygen atoms in total. The van der Waals surface area contributed by atoms with Gasteiger partial charge in [-0.25, -0.2) is 4.98 Å². The molecule has 0 atom stereocenters. The van der Waals surface area contributed by atoms with Crippen LogP contribution in [0.4, 0.5) is 5.69 Å². The first kappa shape index (κ1) is 13.9. The Hall–Kier alpha value is -2.04. The third-order valence-corrected chi connectivity index (χ3v) is 3.62. The third kappa shape index (κ3) is 2.60. The summed E-state index contributed by atoms with van der Waals surface area (Å²) in [7, 11) is 4.07. The molecule has 1 aromatic carbocycles. The van der Waals surface area contributed by atoms with Crippen molar-refractivity contribution < 1.29 is 0 Å². The maximum Gasteiger partial charge on any atom is 0.156 e. The molecule has 0 saturated heterocycles. The van der Waals surface area contributed by atoms with E-state index in [0.29, 0.717) is 5.02 Å². The monoisotopic (exact) mass is 300 g/mol. The summed E-state index contributed by atoms with van der Waals surface area (Å²) in [6.07, 6.45) is 1.99. The Bertz CT molecular complexity index is 792. The van der Waals surface area contributed by atoms with Gasteiger partial charge in [-0.3, -0.25) is 0 Å². The zero-order valence-corrected chi connectivity index (χ0v) is 12.8. The van der Waals surface area contributed by atoms with Gasteiger partial charge in [0.15, 0.2) is 5.65 Å². The highest BCUT2D eigenvalue weighted by Gasteiger charge is 2.16. The molecule has 5 heteroatoms. The Kier molecular flexibility index (Phi) is 3.57. The van der Waals surface area contributed by atoms with Gasteiger partial charge in [0.2, 0.25) is 0 Å². The minimum Gasteiger partial charge on any atom is -0.399 e. The summed E-state index contributed by atoms with van der Waals surface area (Å²) >= 11 is 6.28. The van der Waals surface area contributed by atoms with Crippen molar-refractivity contribution in [2.75, 3.05) is 19.8 Å². The van der Waals surface area contributed by atoms with E-state index in [9.17, 15) is 0 Å². The highest BCUT2D eigenvalue weighted by molar-refractivity contribution is 6.33. The largest absolute Gasteiger partial charge is 0.399 e. The number of pyridine rings is 1. The number of imidazole rings is 1. The second-order valence-electron chi connectivity index (χ2n) is 5.32. The molecule has 0 saturated carbocycles. The molecule has 0 spiro atoms. The van der Waals surface area contributed by atoms with Crippen LogP contribution in [0.5, 0.6) is 0 Å². The summed E-state index contributed by atoms with van der Waals surface area (Å²) in [6, 6.07) is 11.6. The average molecular weight is 301 g/mol. The van der Waals surface area contributed by atoms with Gasteiger partial charge in [0, 0.05) is 24.0 Å². The molecular formula is C16H17ClN4. The van der Waals surface area contributed by atoms with Crippen LogP contribution in [0, 0.1) is 0 Å². The summed E-state index contributed by atoms with van der Waals surface area (Å²) in [6.45, 7) is 0.769. The molecule has 0 unspecified atom stereocenters. The first-order valence-corrected chi connectivity index (χ1v) is 7.10. The van der Waals surface area contributed by atoms with Crippen LogP contribution < -0.4 is 5.73 Å². The topological polar surface area (TPSA) is 46.6 Å². The van der Waals surface area contributed by atoms with Crippen molar-refractivity contribution in [3.63, 3.8) is 0 Å². The standard InChI is InChI=1S/C16H17ClN4/c1-20(2)10-14-15(11-5-3-6-12(18)9-11)19-16-13(17)7-4-8-21(14)16/h3-9H,10,18H2,1-2H3. The molecule has 0 aliphatic rings. The van der Waals surface area contributed by atoms with E-state index in [1.807, 2.05) is 61.1 Å². The Morgan fingerprint density at radius 1 is 1.24 bits per heavy atom. The lowest BCUT2D eigenvalue weighted by molar-refractivity contribution is 0.396. The number of rotatable bonds is 3. The van der Waals surface area contributed by atoms with Gasteiger partial charge in [0.25, 0.3) is 0 Å². The molecule has 0 fully saturated rings. The molecule has 21 heavy (non-hydrogen) atoms. The van der Waals surface area contributed by atoms with Gasteiger partial charge in [0.1, 0.15) is 0 Å². The van der Waals surface area contributed by atoms with Crippen molar-refractivity contribution in [3.05, 3.63) is 53.3 Å². The Morgan fingerprint density at radius 3 is 2.76 bits per heavy atom. The van der Waals surface area contributed by atoms with Crippen molar-refractivity contribution in [3.8, 4) is 11.3 Å². The first-order chi connectivity index (χ1) is 10.1. The number of nitrogen functional groups attached to an aromatic ring is 1. The number of fused-ring (bicyclic) bond motifs is 1. The number of benzene rings is 1. The zero-order valence-electron chi connectivity index (χ0n) is 12.0. The summed E-state index contributed by atoms with van der Waals surface area (Å²) < 4.78 is 2.04. The van der Waals surface area contributed by atoms with Crippen LogP contribution in [0.1, 0.15) is 5.69 Å². The van der Waals surface area contributed by atoms with Crippen LogP contribution in [0.25, 0.3) is 16.9 Å². The highest BCUT2D eigenvalue weighted by atomic mass is 35.5. The smallest absolute Gasteiger partial charge is 0.156 e. The van der Waals surface area contributed by atoms with E-state index in [2.05, 4.69) is 4.90 Å². The van der Waals surface area contributed by atoms with Crippen molar-refractivity contribution >= 4 is 22.9 Å². The summed E-state index contributed by atoms with van der Waals surface area (Å²) in [5.74, 6) is 0. The number of anilines is 1. The molecule has 2 heterocycles. The lowest BCUT2D eigenvalue weighted by Crippen LogP contribution is -2.13. The molecule has 3 aromatic rings. The highest BCUT2D eigenvalue weighted by Crippen LogP contribution is 2.29. The van der Waals surface area contributed by atoms with Crippen LogP contribution >= 0.6 is 11.6 Å². The van der Waals surface area contributed by atoms with Crippen molar-refractivity contribution in [1.29, 1.82) is 0 Å². The predicted molar refractivity (Wildman–Crippen MR) is 87.4 cm³/mol. The summed E-state index contributed by atoms with van der Waals surface area (Å²) in [5.41, 5.74) is 10.4.